The molecular weight excluding hydrogens is 326 g/mol. The molecule has 25 heavy (non-hydrogen) atoms. The van der Waals surface area contributed by atoms with Gasteiger partial charge in [-0.05, 0) is 35.9 Å². The lowest BCUT2D eigenvalue weighted by Crippen LogP contribution is -2.22. The van der Waals surface area contributed by atoms with Crippen LogP contribution in [0, 0.1) is 0 Å². The van der Waals surface area contributed by atoms with Crippen molar-refractivity contribution >= 4 is 23.5 Å². The summed E-state index contributed by atoms with van der Waals surface area (Å²) in [4.78, 5) is 35.1. The summed E-state index contributed by atoms with van der Waals surface area (Å²) in [5.74, 6) is 0.448. The molecule has 8 nitrogen and oxygen atoms in total. The summed E-state index contributed by atoms with van der Waals surface area (Å²) in [7, 11) is 0. The van der Waals surface area contributed by atoms with Crippen LogP contribution in [0.5, 0.6) is 11.5 Å². The van der Waals surface area contributed by atoms with Crippen LogP contribution in [-0.2, 0) is 4.79 Å². The minimum Gasteiger partial charge on any atom is -0.454 e. The van der Waals surface area contributed by atoms with Crippen LogP contribution in [0.15, 0.2) is 42.5 Å². The smallest absolute Gasteiger partial charge is 0.322 e. The molecule has 0 aliphatic carbocycles. The molecule has 0 spiro atoms. The van der Waals surface area contributed by atoms with Gasteiger partial charge >= 0.3 is 6.03 Å². The molecule has 2 aliphatic heterocycles. The number of rotatable bonds is 3. The SMILES string of the molecule is O=C1NC(=O)C(c2ccc(NC(=O)c3ccc4c(c3)OCO4)cc2)N1. The van der Waals surface area contributed by atoms with Crippen molar-refractivity contribution in [2.24, 2.45) is 0 Å². The van der Waals surface area contributed by atoms with E-state index in [4.69, 9.17) is 9.47 Å². The average Bonchev–Trinajstić information content (AvgIpc) is 3.20. The van der Waals surface area contributed by atoms with Crippen LogP contribution in [0.4, 0.5) is 10.5 Å². The third-order valence-electron chi connectivity index (χ3n) is 3.91. The number of imide groups is 1. The molecule has 0 aromatic heterocycles. The van der Waals surface area contributed by atoms with Crippen molar-refractivity contribution < 1.29 is 23.9 Å². The first kappa shape index (κ1) is 15.0. The number of ether oxygens (including phenoxy) is 2. The number of hydrogen-bond acceptors (Lipinski definition) is 5. The largest absolute Gasteiger partial charge is 0.454 e. The Balaban J connectivity index is 1.47. The number of anilines is 1. The number of carbonyl (C=O) groups is 3. The molecule has 8 heteroatoms. The molecule has 0 radical (unpaired) electrons. The van der Waals surface area contributed by atoms with E-state index in [2.05, 4.69) is 16.0 Å². The van der Waals surface area contributed by atoms with Crippen LogP contribution < -0.4 is 25.4 Å². The van der Waals surface area contributed by atoms with E-state index in [1.165, 1.54) is 0 Å². The lowest BCUT2D eigenvalue weighted by Gasteiger charge is -2.10. The van der Waals surface area contributed by atoms with Crippen molar-refractivity contribution in [1.29, 1.82) is 0 Å². The molecule has 1 fully saturated rings. The van der Waals surface area contributed by atoms with Gasteiger partial charge in [-0.2, -0.15) is 0 Å². The van der Waals surface area contributed by atoms with Crippen molar-refractivity contribution in [1.82, 2.24) is 10.6 Å². The number of benzene rings is 2. The first-order chi connectivity index (χ1) is 12.1. The van der Waals surface area contributed by atoms with Gasteiger partial charge in [-0.3, -0.25) is 14.9 Å². The molecule has 4 amide bonds. The molecule has 4 rings (SSSR count). The van der Waals surface area contributed by atoms with Gasteiger partial charge in [0.2, 0.25) is 6.79 Å². The number of hydrogen-bond donors (Lipinski definition) is 3. The van der Waals surface area contributed by atoms with Crippen LogP contribution >= 0.6 is 0 Å². The van der Waals surface area contributed by atoms with Gasteiger partial charge in [0.25, 0.3) is 11.8 Å². The second-order valence-corrected chi connectivity index (χ2v) is 5.54. The fourth-order valence-electron chi connectivity index (χ4n) is 2.65. The summed E-state index contributed by atoms with van der Waals surface area (Å²) in [6.07, 6.45) is 0. The summed E-state index contributed by atoms with van der Waals surface area (Å²) in [6, 6.07) is 10.4. The molecule has 2 aromatic rings. The highest BCUT2D eigenvalue weighted by Gasteiger charge is 2.30. The Kier molecular flexibility index (Phi) is 3.50. The van der Waals surface area contributed by atoms with Crippen molar-refractivity contribution in [3.8, 4) is 11.5 Å². The molecule has 2 heterocycles. The van der Waals surface area contributed by atoms with Gasteiger partial charge in [0.1, 0.15) is 6.04 Å². The van der Waals surface area contributed by atoms with Crippen LogP contribution in [-0.4, -0.2) is 24.6 Å². The van der Waals surface area contributed by atoms with Gasteiger partial charge in [-0.25, -0.2) is 4.79 Å². The van der Waals surface area contributed by atoms with E-state index in [1.54, 1.807) is 42.5 Å². The van der Waals surface area contributed by atoms with Gasteiger partial charge in [-0.1, -0.05) is 12.1 Å². The lowest BCUT2D eigenvalue weighted by molar-refractivity contribution is -0.120. The van der Waals surface area contributed by atoms with E-state index in [9.17, 15) is 14.4 Å². The maximum atomic E-state index is 12.3. The second-order valence-electron chi connectivity index (χ2n) is 5.54. The van der Waals surface area contributed by atoms with Crippen LogP contribution in [0.2, 0.25) is 0 Å². The van der Waals surface area contributed by atoms with Crippen molar-refractivity contribution in [3.05, 3.63) is 53.6 Å². The predicted octanol–water partition coefficient (Wildman–Crippen LogP) is 1.55. The van der Waals surface area contributed by atoms with Crippen LogP contribution in [0.3, 0.4) is 0 Å². The number of fused-ring (bicyclic) bond motifs is 1. The minimum atomic E-state index is -0.717. The highest BCUT2D eigenvalue weighted by Crippen LogP contribution is 2.32. The Hall–Kier alpha value is -3.55. The number of carbonyl (C=O) groups excluding carboxylic acids is 3. The fraction of sp³-hybridized carbons (Fsp3) is 0.118. The summed E-state index contributed by atoms with van der Waals surface area (Å²) in [6.45, 7) is 0.146. The Morgan fingerprint density at radius 1 is 1.04 bits per heavy atom. The zero-order chi connectivity index (χ0) is 17.4. The van der Waals surface area contributed by atoms with Crippen LogP contribution in [0.25, 0.3) is 0 Å². The molecule has 2 aliphatic rings. The number of urea groups is 1. The van der Waals surface area contributed by atoms with Crippen molar-refractivity contribution in [2.45, 2.75) is 6.04 Å². The Labute approximate surface area is 142 Å². The minimum absolute atomic E-state index is 0.146. The monoisotopic (exact) mass is 339 g/mol. The first-order valence-corrected chi connectivity index (χ1v) is 7.52. The maximum absolute atomic E-state index is 12.3. The molecule has 2 aromatic carbocycles. The number of amides is 4. The fourth-order valence-corrected chi connectivity index (χ4v) is 2.65. The normalized spacial score (nSPS) is 17.8. The van der Waals surface area contributed by atoms with Gasteiger partial charge in [0.05, 0.1) is 0 Å². The van der Waals surface area contributed by atoms with Gasteiger partial charge in [-0.15, -0.1) is 0 Å². The predicted molar refractivity (Wildman–Crippen MR) is 86.4 cm³/mol. The van der Waals surface area contributed by atoms with E-state index < -0.39 is 18.0 Å². The van der Waals surface area contributed by atoms with E-state index in [1.807, 2.05) is 0 Å². The summed E-state index contributed by atoms with van der Waals surface area (Å²) >= 11 is 0. The van der Waals surface area contributed by atoms with Gasteiger partial charge < -0.3 is 20.1 Å². The molecule has 1 unspecified atom stereocenters. The third kappa shape index (κ3) is 2.85. The van der Waals surface area contributed by atoms with Crippen molar-refractivity contribution in [2.75, 3.05) is 12.1 Å². The summed E-state index contributed by atoms with van der Waals surface area (Å²) < 4.78 is 10.5. The van der Waals surface area contributed by atoms with Gasteiger partial charge in [0, 0.05) is 11.3 Å². The van der Waals surface area contributed by atoms with E-state index >= 15 is 0 Å². The van der Waals surface area contributed by atoms with Crippen molar-refractivity contribution in [3.63, 3.8) is 0 Å². The molecule has 126 valence electrons. The van der Waals surface area contributed by atoms with E-state index in [0.717, 1.165) is 0 Å². The molecule has 3 N–H and O–H groups in total. The van der Waals surface area contributed by atoms with Gasteiger partial charge in [0.15, 0.2) is 11.5 Å². The zero-order valence-electron chi connectivity index (χ0n) is 12.9. The van der Waals surface area contributed by atoms with Crippen LogP contribution in [0.1, 0.15) is 22.0 Å². The lowest BCUT2D eigenvalue weighted by atomic mass is 10.1. The maximum Gasteiger partial charge on any atom is 0.322 e. The molecule has 1 saturated heterocycles. The zero-order valence-corrected chi connectivity index (χ0v) is 12.9. The molecule has 1 atom stereocenters. The van der Waals surface area contributed by atoms with E-state index in [-0.39, 0.29) is 12.7 Å². The highest BCUT2D eigenvalue weighted by atomic mass is 16.7. The highest BCUT2D eigenvalue weighted by molar-refractivity contribution is 6.05. The number of nitrogens with one attached hydrogen (secondary N) is 3. The standard InChI is InChI=1S/C17H13N3O5/c21-15(10-3-6-12-13(7-10)25-8-24-12)18-11-4-1-9(2-5-11)14-16(22)20-17(23)19-14/h1-7,14H,8H2,(H,18,21)(H2,19,20,22,23). The Morgan fingerprint density at radius 2 is 1.80 bits per heavy atom. The Morgan fingerprint density at radius 3 is 2.52 bits per heavy atom. The average molecular weight is 339 g/mol. The quantitative estimate of drug-likeness (QED) is 0.736. The summed E-state index contributed by atoms with van der Waals surface area (Å²) in [5.41, 5.74) is 1.64. The summed E-state index contributed by atoms with van der Waals surface area (Å²) in [5, 5.41) is 7.45. The molecular formula is C17H13N3O5. The first-order valence-electron chi connectivity index (χ1n) is 7.52. The molecule has 0 bridgehead atoms. The molecule has 0 saturated carbocycles. The topological polar surface area (TPSA) is 106 Å². The Bertz CT molecular complexity index is 878. The third-order valence-corrected chi connectivity index (χ3v) is 3.91. The second kappa shape index (κ2) is 5.82. The van der Waals surface area contributed by atoms with E-state index in [0.29, 0.717) is 28.3 Å².